The molecule has 0 bridgehead atoms. The Morgan fingerprint density at radius 2 is 2.05 bits per heavy atom. The van der Waals surface area contributed by atoms with Crippen molar-refractivity contribution in [2.75, 3.05) is 11.4 Å². The Labute approximate surface area is 121 Å². The molecule has 108 valence electrons. The Bertz CT molecular complexity index is 676. The van der Waals surface area contributed by atoms with Gasteiger partial charge in [-0.25, -0.2) is 4.79 Å². The highest BCUT2D eigenvalue weighted by atomic mass is 16.5. The van der Waals surface area contributed by atoms with Crippen LogP contribution in [0.25, 0.3) is 0 Å². The zero-order valence-corrected chi connectivity index (χ0v) is 11.7. The van der Waals surface area contributed by atoms with Gasteiger partial charge in [0.15, 0.2) is 0 Å². The lowest BCUT2D eigenvalue weighted by Crippen LogP contribution is -2.23. The summed E-state index contributed by atoms with van der Waals surface area (Å²) in [6.07, 6.45) is 4.54. The summed E-state index contributed by atoms with van der Waals surface area (Å²) in [6, 6.07) is 6.95. The zero-order chi connectivity index (χ0) is 14.8. The van der Waals surface area contributed by atoms with Gasteiger partial charge in [-0.2, -0.15) is 5.10 Å². The van der Waals surface area contributed by atoms with Gasteiger partial charge < -0.3 is 9.64 Å². The summed E-state index contributed by atoms with van der Waals surface area (Å²) in [5, 5.41) is 3.93. The minimum absolute atomic E-state index is 0.134. The van der Waals surface area contributed by atoms with Gasteiger partial charge >= 0.3 is 5.97 Å². The molecular weight excluding hydrogens is 270 g/mol. The lowest BCUT2D eigenvalue weighted by molar-refractivity contribution is -0.117. The summed E-state index contributed by atoms with van der Waals surface area (Å²) in [6.45, 7) is 0.744. The number of hydrogen-bond donors (Lipinski definition) is 0. The van der Waals surface area contributed by atoms with E-state index in [2.05, 4.69) is 5.10 Å². The number of carbonyl (C=O) groups excluding carboxylic acids is 2. The van der Waals surface area contributed by atoms with Crippen molar-refractivity contribution in [3.63, 3.8) is 0 Å². The van der Waals surface area contributed by atoms with Crippen LogP contribution in [0.4, 0.5) is 5.69 Å². The van der Waals surface area contributed by atoms with Crippen molar-refractivity contribution in [1.82, 2.24) is 9.78 Å². The Kier molecular flexibility index (Phi) is 3.43. The molecule has 0 N–H and O–H groups in total. The molecule has 1 saturated heterocycles. The van der Waals surface area contributed by atoms with Gasteiger partial charge in [0, 0.05) is 31.9 Å². The van der Waals surface area contributed by atoms with Crippen molar-refractivity contribution in [3.8, 4) is 5.75 Å². The van der Waals surface area contributed by atoms with E-state index in [9.17, 15) is 9.59 Å². The molecule has 1 aliphatic heterocycles. The fourth-order valence-corrected chi connectivity index (χ4v) is 2.31. The first-order chi connectivity index (χ1) is 10.1. The average Bonchev–Trinajstić information content (AvgIpc) is 3.08. The van der Waals surface area contributed by atoms with Crippen LogP contribution in [0.1, 0.15) is 23.2 Å². The molecule has 0 radical (unpaired) electrons. The number of ether oxygens (including phenoxy) is 1. The molecule has 1 amide bonds. The molecule has 2 aromatic rings. The normalized spacial score (nSPS) is 14.5. The summed E-state index contributed by atoms with van der Waals surface area (Å²) >= 11 is 0. The molecule has 1 aliphatic rings. The lowest BCUT2D eigenvalue weighted by Gasteiger charge is -2.15. The molecule has 1 aromatic heterocycles. The lowest BCUT2D eigenvalue weighted by atomic mass is 10.3. The maximum absolute atomic E-state index is 11.9. The van der Waals surface area contributed by atoms with Crippen molar-refractivity contribution in [1.29, 1.82) is 0 Å². The van der Waals surface area contributed by atoms with Crippen molar-refractivity contribution in [2.45, 2.75) is 12.8 Å². The average molecular weight is 285 g/mol. The molecule has 0 unspecified atom stereocenters. The first kappa shape index (κ1) is 13.4. The van der Waals surface area contributed by atoms with E-state index in [-0.39, 0.29) is 5.91 Å². The van der Waals surface area contributed by atoms with E-state index in [0.717, 1.165) is 18.7 Å². The second kappa shape index (κ2) is 5.40. The number of rotatable bonds is 3. The summed E-state index contributed by atoms with van der Waals surface area (Å²) in [5.74, 6) is 0.127. The minimum atomic E-state index is -0.451. The van der Waals surface area contributed by atoms with Gasteiger partial charge in [0.1, 0.15) is 5.75 Å². The molecule has 1 aromatic carbocycles. The van der Waals surface area contributed by atoms with Crippen molar-refractivity contribution >= 4 is 17.6 Å². The SMILES string of the molecule is Cn1cc(C(=O)Oc2ccc(N3CCCC3=O)cc2)cn1. The van der Waals surface area contributed by atoms with Crippen LogP contribution in [0.5, 0.6) is 5.75 Å². The standard InChI is InChI=1S/C15H15N3O3/c1-17-10-11(9-16-17)15(20)21-13-6-4-12(5-7-13)18-8-2-3-14(18)19/h4-7,9-10H,2-3,8H2,1H3. The van der Waals surface area contributed by atoms with Crippen LogP contribution in [0.3, 0.4) is 0 Å². The monoisotopic (exact) mass is 285 g/mol. The number of benzene rings is 1. The zero-order valence-electron chi connectivity index (χ0n) is 11.7. The van der Waals surface area contributed by atoms with E-state index in [0.29, 0.717) is 17.7 Å². The quantitative estimate of drug-likeness (QED) is 0.637. The van der Waals surface area contributed by atoms with Crippen LogP contribution in [0, 0.1) is 0 Å². The van der Waals surface area contributed by atoms with Crippen LogP contribution in [-0.4, -0.2) is 28.2 Å². The maximum atomic E-state index is 11.9. The van der Waals surface area contributed by atoms with Crippen LogP contribution < -0.4 is 9.64 Å². The number of hydrogen-bond acceptors (Lipinski definition) is 4. The third-order valence-electron chi connectivity index (χ3n) is 3.37. The predicted octanol–water partition coefficient (Wildman–Crippen LogP) is 1.77. The van der Waals surface area contributed by atoms with Crippen LogP contribution in [0.15, 0.2) is 36.7 Å². The number of amides is 1. The molecule has 6 heteroatoms. The van der Waals surface area contributed by atoms with Gasteiger partial charge in [-0.15, -0.1) is 0 Å². The van der Waals surface area contributed by atoms with Gasteiger partial charge in [0.05, 0.1) is 11.8 Å². The Morgan fingerprint density at radius 3 is 2.62 bits per heavy atom. The highest BCUT2D eigenvalue weighted by molar-refractivity contribution is 5.95. The third kappa shape index (κ3) is 2.79. The Morgan fingerprint density at radius 1 is 1.29 bits per heavy atom. The number of aromatic nitrogens is 2. The molecule has 0 saturated carbocycles. The molecule has 0 spiro atoms. The molecule has 2 heterocycles. The van der Waals surface area contributed by atoms with E-state index in [1.807, 2.05) is 0 Å². The van der Waals surface area contributed by atoms with Crippen LogP contribution in [-0.2, 0) is 11.8 Å². The van der Waals surface area contributed by atoms with Crippen LogP contribution >= 0.6 is 0 Å². The van der Waals surface area contributed by atoms with Gasteiger partial charge in [-0.3, -0.25) is 9.48 Å². The summed E-state index contributed by atoms with van der Waals surface area (Å²) in [4.78, 5) is 25.3. The van der Waals surface area contributed by atoms with Crippen molar-refractivity contribution in [3.05, 3.63) is 42.2 Å². The molecule has 21 heavy (non-hydrogen) atoms. The summed E-state index contributed by atoms with van der Waals surface area (Å²) in [7, 11) is 1.73. The number of esters is 1. The number of carbonyl (C=O) groups is 2. The maximum Gasteiger partial charge on any atom is 0.346 e. The Hall–Kier alpha value is -2.63. The van der Waals surface area contributed by atoms with E-state index >= 15 is 0 Å². The Balaban J connectivity index is 1.69. The fraction of sp³-hybridized carbons (Fsp3) is 0.267. The topological polar surface area (TPSA) is 64.4 Å². The second-order valence-corrected chi connectivity index (χ2v) is 4.94. The van der Waals surface area contributed by atoms with Gasteiger partial charge in [-0.05, 0) is 30.7 Å². The number of aryl methyl sites for hydroxylation is 1. The van der Waals surface area contributed by atoms with Gasteiger partial charge in [0.2, 0.25) is 5.91 Å². The molecule has 0 aliphatic carbocycles. The van der Waals surface area contributed by atoms with Crippen molar-refractivity contribution in [2.24, 2.45) is 7.05 Å². The van der Waals surface area contributed by atoms with Crippen molar-refractivity contribution < 1.29 is 14.3 Å². The fourth-order valence-electron chi connectivity index (χ4n) is 2.31. The predicted molar refractivity (Wildman–Crippen MR) is 76.2 cm³/mol. The summed E-state index contributed by atoms with van der Waals surface area (Å²) in [5.41, 5.74) is 1.23. The minimum Gasteiger partial charge on any atom is -0.423 e. The first-order valence-electron chi connectivity index (χ1n) is 6.75. The van der Waals surface area contributed by atoms with Crippen LogP contribution in [0.2, 0.25) is 0 Å². The molecule has 6 nitrogen and oxygen atoms in total. The summed E-state index contributed by atoms with van der Waals surface area (Å²) < 4.78 is 6.80. The first-order valence-corrected chi connectivity index (χ1v) is 6.75. The second-order valence-electron chi connectivity index (χ2n) is 4.94. The molecular formula is C15H15N3O3. The molecule has 3 rings (SSSR count). The van der Waals surface area contributed by atoms with Gasteiger partial charge in [0.25, 0.3) is 0 Å². The number of anilines is 1. The largest absolute Gasteiger partial charge is 0.423 e. The van der Waals surface area contributed by atoms with E-state index in [4.69, 9.17) is 4.74 Å². The highest BCUT2D eigenvalue weighted by Crippen LogP contribution is 2.24. The van der Waals surface area contributed by atoms with E-state index in [1.165, 1.54) is 6.20 Å². The van der Waals surface area contributed by atoms with E-state index < -0.39 is 5.97 Å². The molecule has 1 fully saturated rings. The number of nitrogens with zero attached hydrogens (tertiary/aromatic N) is 3. The molecule has 0 atom stereocenters. The highest BCUT2D eigenvalue weighted by Gasteiger charge is 2.21. The van der Waals surface area contributed by atoms with Gasteiger partial charge in [-0.1, -0.05) is 0 Å². The third-order valence-corrected chi connectivity index (χ3v) is 3.37. The van der Waals surface area contributed by atoms with E-state index in [1.54, 1.807) is 47.1 Å². The smallest absolute Gasteiger partial charge is 0.346 e.